The van der Waals surface area contributed by atoms with Crippen LogP contribution in [0.15, 0.2) is 0 Å². The van der Waals surface area contributed by atoms with Gasteiger partial charge in [0.05, 0.1) is 0 Å². The molecular formula is C7H20N2O. The third-order valence-corrected chi connectivity index (χ3v) is 1.93. The van der Waals surface area contributed by atoms with Gasteiger partial charge in [0, 0.05) is 15.3 Å². The van der Waals surface area contributed by atoms with Crippen molar-refractivity contribution in [3.05, 3.63) is 0 Å². The van der Waals surface area contributed by atoms with Gasteiger partial charge in [0.2, 0.25) is 5.91 Å². The Morgan fingerprint density at radius 2 is 2.10 bits per heavy atom. The van der Waals surface area contributed by atoms with E-state index in [0.717, 1.165) is 12.8 Å². The molecule has 1 aliphatic carbocycles. The largest absolute Gasteiger partial charge is 0.351 e. The van der Waals surface area contributed by atoms with E-state index < -0.39 is 0 Å². The molecule has 0 atom stereocenters. The molecule has 3 nitrogen and oxygen atoms in total. The van der Waals surface area contributed by atoms with E-state index in [1.54, 1.807) is 6.92 Å². The summed E-state index contributed by atoms with van der Waals surface area (Å²) in [7, 11) is 0. The third kappa shape index (κ3) is 1.99. The van der Waals surface area contributed by atoms with Crippen molar-refractivity contribution in [1.82, 2.24) is 11.5 Å². The van der Waals surface area contributed by atoms with Crippen molar-refractivity contribution in [2.75, 3.05) is 0 Å². The molecule has 1 amide bonds. The van der Waals surface area contributed by atoms with Crippen LogP contribution in [0.25, 0.3) is 0 Å². The predicted molar refractivity (Wildman–Crippen MR) is 45.3 cm³/mol. The summed E-state index contributed by atoms with van der Waals surface area (Å²) >= 11 is 0. The second-order valence-electron chi connectivity index (χ2n) is 3.10. The highest BCUT2D eigenvalue weighted by Crippen LogP contribution is 2.30. The number of nitrogens with one attached hydrogen (secondary N) is 1. The van der Waals surface area contributed by atoms with Gasteiger partial charge in [-0.25, -0.2) is 0 Å². The normalized spacial score (nSPS) is 20.2. The van der Waals surface area contributed by atoms with Crippen LogP contribution in [0, 0.1) is 0 Å². The van der Waals surface area contributed by atoms with Gasteiger partial charge >= 0.3 is 0 Å². The van der Waals surface area contributed by atoms with Crippen LogP contribution >= 0.6 is 0 Å². The average molecular weight is 148 g/mol. The lowest BCUT2D eigenvalue weighted by Crippen LogP contribution is -2.50. The Kier molecular flexibility index (Phi) is 2.84. The molecular weight excluding hydrogens is 128 g/mol. The van der Waals surface area contributed by atoms with E-state index in [1.807, 2.05) is 0 Å². The smallest absolute Gasteiger partial charge is 0.217 e. The minimum absolute atomic E-state index is 0. The third-order valence-electron chi connectivity index (χ3n) is 1.93. The summed E-state index contributed by atoms with van der Waals surface area (Å²) in [6.45, 7) is 3.67. The zero-order valence-corrected chi connectivity index (χ0v) is 6.74. The van der Waals surface area contributed by atoms with Gasteiger partial charge in [0.15, 0.2) is 0 Å². The fourth-order valence-electron chi connectivity index (χ4n) is 1.26. The summed E-state index contributed by atoms with van der Waals surface area (Å²) < 4.78 is 0. The van der Waals surface area contributed by atoms with Crippen molar-refractivity contribution in [2.45, 2.75) is 38.6 Å². The molecule has 4 N–H and O–H groups in total. The summed E-state index contributed by atoms with van der Waals surface area (Å²) in [6.07, 6.45) is 3.55. The molecule has 0 aromatic carbocycles. The topological polar surface area (TPSA) is 64.1 Å². The van der Waals surface area contributed by atoms with Crippen LogP contribution in [0.4, 0.5) is 0 Å². The predicted octanol–water partition coefficient (Wildman–Crippen LogP) is 1.72. The minimum Gasteiger partial charge on any atom is -0.351 e. The lowest BCUT2D eigenvalue weighted by molar-refractivity contribution is -0.121. The number of hydrogen-bond acceptors (Lipinski definition) is 2. The molecule has 1 fully saturated rings. The molecule has 0 unspecified atom stereocenters. The van der Waals surface area contributed by atoms with Crippen LogP contribution in [0.1, 0.15) is 36.0 Å². The molecule has 1 aliphatic rings. The lowest BCUT2D eigenvalue weighted by atomic mass is 9.78. The molecule has 64 valence electrons. The van der Waals surface area contributed by atoms with E-state index in [-0.39, 0.29) is 20.4 Å². The van der Waals surface area contributed by atoms with E-state index in [4.69, 9.17) is 0 Å². The van der Waals surface area contributed by atoms with Crippen molar-refractivity contribution in [2.24, 2.45) is 0 Å². The molecule has 1 saturated carbocycles. The van der Waals surface area contributed by atoms with Gasteiger partial charge in [-0.1, -0.05) is 0 Å². The van der Waals surface area contributed by atoms with Crippen LogP contribution in [0.2, 0.25) is 0 Å². The minimum atomic E-state index is 0. The van der Waals surface area contributed by atoms with Crippen LogP contribution in [0.3, 0.4) is 0 Å². The maximum Gasteiger partial charge on any atom is 0.217 e. The molecule has 0 aromatic heterocycles. The number of amides is 1. The number of carbonyl (C=O) groups excluding carboxylic acids is 1. The standard InChI is InChI=1S/C7H13NO.H3N.2H2/c1-6(9)8-7(2)4-3-5-7;;;/h3-5H2,1-2H3,(H,8,9);1H3;2*1H. The van der Waals surface area contributed by atoms with Crippen molar-refractivity contribution >= 4 is 5.91 Å². The Labute approximate surface area is 64.7 Å². The molecule has 0 heterocycles. The summed E-state index contributed by atoms with van der Waals surface area (Å²) in [5.74, 6) is 0.0946. The maximum absolute atomic E-state index is 10.5. The molecule has 3 heteroatoms. The van der Waals surface area contributed by atoms with Gasteiger partial charge in [0.25, 0.3) is 0 Å². The highest BCUT2D eigenvalue weighted by atomic mass is 16.1. The number of carbonyl (C=O) groups is 1. The second kappa shape index (κ2) is 3.01. The molecule has 0 bridgehead atoms. The van der Waals surface area contributed by atoms with Gasteiger partial charge in [-0.2, -0.15) is 0 Å². The Hall–Kier alpha value is -0.570. The Morgan fingerprint density at radius 1 is 1.60 bits per heavy atom. The molecule has 0 aromatic rings. The van der Waals surface area contributed by atoms with E-state index in [9.17, 15) is 4.79 Å². The summed E-state index contributed by atoms with van der Waals surface area (Å²) in [6, 6.07) is 0. The first kappa shape index (κ1) is 9.43. The van der Waals surface area contributed by atoms with Crippen LogP contribution in [-0.4, -0.2) is 11.4 Å². The first-order valence-electron chi connectivity index (χ1n) is 3.41. The van der Waals surface area contributed by atoms with E-state index in [1.165, 1.54) is 6.42 Å². The van der Waals surface area contributed by atoms with Gasteiger partial charge in [-0.05, 0) is 26.2 Å². The maximum atomic E-state index is 10.5. The Bertz CT molecular complexity index is 137. The molecule has 0 radical (unpaired) electrons. The van der Waals surface area contributed by atoms with E-state index in [2.05, 4.69) is 12.2 Å². The van der Waals surface area contributed by atoms with Crippen LogP contribution in [0.5, 0.6) is 0 Å². The molecule has 0 spiro atoms. The quantitative estimate of drug-likeness (QED) is 0.594. The van der Waals surface area contributed by atoms with Crippen molar-refractivity contribution < 1.29 is 7.65 Å². The van der Waals surface area contributed by atoms with Gasteiger partial charge < -0.3 is 11.5 Å². The van der Waals surface area contributed by atoms with Crippen molar-refractivity contribution in [1.29, 1.82) is 0 Å². The average Bonchev–Trinajstić information content (AvgIpc) is 1.60. The molecule has 1 rings (SSSR count). The van der Waals surface area contributed by atoms with E-state index >= 15 is 0 Å². The molecule has 0 aliphatic heterocycles. The van der Waals surface area contributed by atoms with Crippen LogP contribution < -0.4 is 11.5 Å². The Balaban J connectivity index is -0.000000270. The van der Waals surface area contributed by atoms with Gasteiger partial charge in [-0.3, -0.25) is 4.79 Å². The zero-order chi connectivity index (χ0) is 6.91. The van der Waals surface area contributed by atoms with E-state index in [0.29, 0.717) is 0 Å². The first-order valence-corrected chi connectivity index (χ1v) is 3.41. The van der Waals surface area contributed by atoms with Gasteiger partial charge in [0.1, 0.15) is 0 Å². The summed E-state index contributed by atoms with van der Waals surface area (Å²) in [4.78, 5) is 10.5. The van der Waals surface area contributed by atoms with Gasteiger partial charge in [-0.15, -0.1) is 0 Å². The van der Waals surface area contributed by atoms with Crippen LogP contribution in [-0.2, 0) is 4.79 Å². The number of rotatable bonds is 1. The zero-order valence-electron chi connectivity index (χ0n) is 6.74. The highest BCUT2D eigenvalue weighted by molar-refractivity contribution is 5.73. The fraction of sp³-hybridized carbons (Fsp3) is 0.857. The second-order valence-corrected chi connectivity index (χ2v) is 3.10. The Morgan fingerprint density at radius 3 is 2.20 bits per heavy atom. The highest BCUT2D eigenvalue weighted by Gasteiger charge is 2.31. The first-order chi connectivity index (χ1) is 4.12. The van der Waals surface area contributed by atoms with Crippen molar-refractivity contribution in [3.63, 3.8) is 0 Å². The monoisotopic (exact) mass is 148 g/mol. The lowest BCUT2D eigenvalue weighted by Gasteiger charge is -2.38. The number of hydrogen-bond donors (Lipinski definition) is 2. The SMILES string of the molecule is CC(=O)NC1(C)CCC1.N.[HH].[HH]. The summed E-state index contributed by atoms with van der Waals surface area (Å²) in [5, 5.41) is 2.92. The molecule has 10 heavy (non-hydrogen) atoms. The molecule has 0 saturated heterocycles. The fourth-order valence-corrected chi connectivity index (χ4v) is 1.26. The van der Waals surface area contributed by atoms with Crippen molar-refractivity contribution in [3.8, 4) is 0 Å². The summed E-state index contributed by atoms with van der Waals surface area (Å²) in [5.41, 5.74) is 0.145.